The summed E-state index contributed by atoms with van der Waals surface area (Å²) in [5.41, 5.74) is -1.82. The van der Waals surface area contributed by atoms with Gasteiger partial charge in [0.1, 0.15) is 5.75 Å². The number of fused-ring (bicyclic) bond motifs is 1. The van der Waals surface area contributed by atoms with Crippen LogP contribution in [0.1, 0.15) is 46.6 Å². The topological polar surface area (TPSA) is 82.9 Å². The standard InChI is InChI=1S/C24H20ClF3N2O4/c1-22(2,32)15-5-10-20-19(11-15)21(31)30(13-17-7-6-16(25)12-29-17)23(20,33)14-3-8-18(9-4-14)34-24(26,27)28/h3-12,32-33H,13H2,1-2H3. The lowest BCUT2D eigenvalue weighted by Gasteiger charge is -2.34. The number of pyridine rings is 1. The highest BCUT2D eigenvalue weighted by molar-refractivity contribution is 6.30. The zero-order chi connectivity index (χ0) is 24.9. The molecule has 178 valence electrons. The number of alkyl halides is 3. The second-order valence-electron chi connectivity index (χ2n) is 8.42. The van der Waals surface area contributed by atoms with E-state index in [9.17, 15) is 28.2 Å². The third kappa shape index (κ3) is 4.46. The number of hydrogen-bond donors (Lipinski definition) is 2. The molecule has 10 heteroatoms. The van der Waals surface area contributed by atoms with E-state index >= 15 is 0 Å². The summed E-state index contributed by atoms with van der Waals surface area (Å²) >= 11 is 5.89. The molecule has 2 heterocycles. The van der Waals surface area contributed by atoms with E-state index in [0.29, 0.717) is 16.3 Å². The Morgan fingerprint density at radius 3 is 2.32 bits per heavy atom. The fourth-order valence-corrected chi connectivity index (χ4v) is 4.00. The Morgan fingerprint density at radius 1 is 1.09 bits per heavy atom. The van der Waals surface area contributed by atoms with Crippen LogP contribution in [0.4, 0.5) is 13.2 Å². The minimum atomic E-state index is -4.87. The molecule has 2 aromatic carbocycles. The van der Waals surface area contributed by atoms with Crippen LogP contribution in [0.3, 0.4) is 0 Å². The van der Waals surface area contributed by atoms with Gasteiger partial charge in [-0.1, -0.05) is 35.9 Å². The van der Waals surface area contributed by atoms with Gasteiger partial charge in [-0.25, -0.2) is 0 Å². The van der Waals surface area contributed by atoms with Crippen LogP contribution in [0.2, 0.25) is 5.02 Å². The fraction of sp³-hybridized carbons (Fsp3) is 0.250. The van der Waals surface area contributed by atoms with Crippen molar-refractivity contribution in [2.24, 2.45) is 0 Å². The van der Waals surface area contributed by atoms with Gasteiger partial charge in [0, 0.05) is 22.9 Å². The van der Waals surface area contributed by atoms with Gasteiger partial charge in [-0.2, -0.15) is 0 Å². The predicted molar refractivity (Wildman–Crippen MR) is 117 cm³/mol. The van der Waals surface area contributed by atoms with Crippen LogP contribution in [0.15, 0.2) is 60.8 Å². The number of benzene rings is 2. The first kappa shape index (κ1) is 24.0. The highest BCUT2D eigenvalue weighted by Gasteiger charge is 2.50. The SMILES string of the molecule is CC(C)(O)c1ccc2c(c1)C(=O)N(Cc1ccc(Cl)cn1)C2(O)c1ccc(OC(F)(F)F)cc1. The molecule has 1 amide bonds. The number of rotatable bonds is 5. The number of hydrogen-bond acceptors (Lipinski definition) is 5. The van der Waals surface area contributed by atoms with E-state index in [2.05, 4.69) is 9.72 Å². The van der Waals surface area contributed by atoms with E-state index in [1.807, 2.05) is 0 Å². The highest BCUT2D eigenvalue weighted by atomic mass is 35.5. The number of amides is 1. The maximum absolute atomic E-state index is 13.4. The molecular formula is C24H20ClF3N2O4. The molecule has 34 heavy (non-hydrogen) atoms. The first-order valence-corrected chi connectivity index (χ1v) is 10.6. The van der Waals surface area contributed by atoms with E-state index in [4.69, 9.17) is 11.6 Å². The van der Waals surface area contributed by atoms with Gasteiger partial charge in [0.05, 0.1) is 22.9 Å². The van der Waals surface area contributed by atoms with Crippen LogP contribution in [0.5, 0.6) is 5.75 Å². The summed E-state index contributed by atoms with van der Waals surface area (Å²) in [4.78, 5) is 18.8. The largest absolute Gasteiger partial charge is 0.573 e. The molecule has 1 aromatic heterocycles. The molecule has 6 nitrogen and oxygen atoms in total. The molecule has 1 atom stereocenters. The maximum atomic E-state index is 13.4. The molecule has 1 unspecified atom stereocenters. The highest BCUT2D eigenvalue weighted by Crippen LogP contribution is 2.44. The number of carbonyl (C=O) groups is 1. The minimum absolute atomic E-state index is 0.111. The van der Waals surface area contributed by atoms with Gasteiger partial charge in [0.25, 0.3) is 5.91 Å². The third-order valence-corrected chi connectivity index (χ3v) is 5.79. The number of carbonyl (C=O) groups excluding carboxylic acids is 1. The quantitative estimate of drug-likeness (QED) is 0.539. The Balaban J connectivity index is 1.82. The van der Waals surface area contributed by atoms with E-state index in [0.717, 1.165) is 12.1 Å². The summed E-state index contributed by atoms with van der Waals surface area (Å²) in [6.45, 7) is 3.02. The molecule has 0 fully saturated rings. The smallest absolute Gasteiger partial charge is 0.406 e. The molecule has 0 saturated carbocycles. The Morgan fingerprint density at radius 2 is 1.76 bits per heavy atom. The van der Waals surface area contributed by atoms with Crippen LogP contribution < -0.4 is 4.74 Å². The van der Waals surface area contributed by atoms with Crippen molar-refractivity contribution in [2.45, 2.75) is 38.1 Å². The monoisotopic (exact) mass is 492 g/mol. The molecule has 0 aliphatic carbocycles. The predicted octanol–water partition coefficient (Wildman–Crippen LogP) is 4.71. The number of aromatic nitrogens is 1. The Kier molecular flexibility index (Phi) is 5.83. The van der Waals surface area contributed by atoms with Crippen molar-refractivity contribution >= 4 is 17.5 Å². The van der Waals surface area contributed by atoms with E-state index in [-0.39, 0.29) is 23.2 Å². The van der Waals surface area contributed by atoms with Crippen molar-refractivity contribution in [3.63, 3.8) is 0 Å². The van der Waals surface area contributed by atoms with Gasteiger partial charge in [-0.05, 0) is 49.7 Å². The first-order valence-electron chi connectivity index (χ1n) is 10.2. The van der Waals surface area contributed by atoms with Crippen LogP contribution in [0.25, 0.3) is 0 Å². The third-order valence-electron chi connectivity index (χ3n) is 5.57. The van der Waals surface area contributed by atoms with Gasteiger partial charge in [-0.3, -0.25) is 14.7 Å². The molecule has 1 aliphatic heterocycles. The summed E-state index contributed by atoms with van der Waals surface area (Å²) in [6.07, 6.45) is -3.46. The van der Waals surface area contributed by atoms with Crippen molar-refractivity contribution in [1.82, 2.24) is 9.88 Å². The number of aliphatic hydroxyl groups is 2. The minimum Gasteiger partial charge on any atom is -0.406 e. The average molecular weight is 493 g/mol. The lowest BCUT2D eigenvalue weighted by Crippen LogP contribution is -2.44. The fourth-order valence-electron chi connectivity index (χ4n) is 3.89. The van der Waals surface area contributed by atoms with Gasteiger partial charge in [-0.15, -0.1) is 13.2 Å². The normalized spacial score (nSPS) is 18.2. The van der Waals surface area contributed by atoms with E-state index in [1.54, 1.807) is 32.0 Å². The molecule has 3 aromatic rings. The zero-order valence-electron chi connectivity index (χ0n) is 18.1. The van der Waals surface area contributed by atoms with Crippen molar-refractivity contribution in [3.8, 4) is 5.75 Å². The first-order chi connectivity index (χ1) is 15.8. The van der Waals surface area contributed by atoms with Crippen LogP contribution in [-0.4, -0.2) is 32.4 Å². The number of ether oxygens (including phenoxy) is 1. The van der Waals surface area contributed by atoms with E-state index in [1.165, 1.54) is 35.4 Å². The van der Waals surface area contributed by atoms with Gasteiger partial charge in [0.15, 0.2) is 5.72 Å². The summed E-state index contributed by atoms with van der Waals surface area (Å²) in [5, 5.41) is 22.7. The Hall–Kier alpha value is -3.14. The zero-order valence-corrected chi connectivity index (χ0v) is 18.9. The Labute approximate surface area is 198 Å². The number of halogens is 4. The van der Waals surface area contributed by atoms with Gasteiger partial charge < -0.3 is 14.9 Å². The summed E-state index contributed by atoms with van der Waals surface area (Å²) in [5.74, 6) is -0.997. The second-order valence-corrected chi connectivity index (χ2v) is 8.86. The maximum Gasteiger partial charge on any atom is 0.573 e. The summed E-state index contributed by atoms with van der Waals surface area (Å²) in [7, 11) is 0. The molecular weight excluding hydrogens is 473 g/mol. The van der Waals surface area contributed by atoms with Gasteiger partial charge in [0.2, 0.25) is 0 Å². The van der Waals surface area contributed by atoms with Crippen molar-refractivity contribution < 1.29 is 32.9 Å². The van der Waals surface area contributed by atoms with Crippen LogP contribution in [-0.2, 0) is 17.9 Å². The number of nitrogens with zero attached hydrogens (tertiary/aromatic N) is 2. The van der Waals surface area contributed by atoms with Crippen LogP contribution >= 0.6 is 11.6 Å². The van der Waals surface area contributed by atoms with E-state index < -0.39 is 29.3 Å². The lowest BCUT2D eigenvalue weighted by atomic mass is 9.89. The van der Waals surface area contributed by atoms with Crippen LogP contribution in [0, 0.1) is 0 Å². The summed E-state index contributed by atoms with van der Waals surface area (Å²) < 4.78 is 41.6. The van der Waals surface area contributed by atoms with Crippen molar-refractivity contribution in [2.75, 3.05) is 0 Å². The molecule has 0 bridgehead atoms. The second kappa shape index (κ2) is 8.26. The summed E-state index contributed by atoms with van der Waals surface area (Å²) in [6, 6.07) is 12.4. The lowest BCUT2D eigenvalue weighted by molar-refractivity contribution is -0.274. The van der Waals surface area contributed by atoms with Crippen molar-refractivity contribution in [1.29, 1.82) is 0 Å². The molecule has 0 radical (unpaired) electrons. The Bertz CT molecular complexity index is 1220. The van der Waals surface area contributed by atoms with Crippen molar-refractivity contribution in [3.05, 3.63) is 93.8 Å². The molecule has 2 N–H and O–H groups in total. The molecule has 1 aliphatic rings. The van der Waals surface area contributed by atoms with Gasteiger partial charge >= 0.3 is 6.36 Å². The molecule has 4 rings (SSSR count). The molecule has 0 saturated heterocycles. The molecule has 0 spiro atoms. The average Bonchev–Trinajstić information content (AvgIpc) is 2.96.